The molecule has 0 spiro atoms. The first kappa shape index (κ1) is 24.6. The van der Waals surface area contributed by atoms with Gasteiger partial charge in [-0.25, -0.2) is 0 Å². The molecule has 0 bridgehead atoms. The van der Waals surface area contributed by atoms with Crippen LogP contribution in [-0.4, -0.2) is 55.4 Å². The fourth-order valence-electron chi connectivity index (χ4n) is 1.75. The van der Waals surface area contributed by atoms with Gasteiger partial charge < -0.3 is 25.5 Å². The Labute approximate surface area is 144 Å². The van der Waals surface area contributed by atoms with Gasteiger partial charge in [-0.2, -0.15) is 0 Å². The monoisotopic (exact) mass is 364 g/mol. The van der Waals surface area contributed by atoms with Crippen molar-refractivity contribution in [3.8, 4) is 0 Å². The Bertz CT molecular complexity index is 423. The molecule has 25 heavy (non-hydrogen) atoms. The van der Waals surface area contributed by atoms with Crippen molar-refractivity contribution in [2.24, 2.45) is 5.92 Å². The number of carboxylic acids is 5. The second kappa shape index (κ2) is 14.9. The molecule has 0 radical (unpaired) electrons. The molecule has 0 unspecified atom stereocenters. The maximum absolute atomic E-state index is 10.2. The Balaban J connectivity index is 0. The number of carbonyl (C=O) groups is 5. The van der Waals surface area contributed by atoms with Crippen molar-refractivity contribution in [2.75, 3.05) is 0 Å². The first-order chi connectivity index (χ1) is 11.6. The van der Waals surface area contributed by atoms with Crippen LogP contribution in [0.25, 0.3) is 0 Å². The minimum atomic E-state index is -1.40. The third kappa shape index (κ3) is 21.4. The van der Waals surface area contributed by atoms with Gasteiger partial charge in [0, 0.05) is 12.8 Å². The van der Waals surface area contributed by atoms with E-state index in [0.717, 1.165) is 19.3 Å². The van der Waals surface area contributed by atoms with Gasteiger partial charge >= 0.3 is 29.8 Å². The maximum atomic E-state index is 10.2. The molecule has 0 aromatic carbocycles. The van der Waals surface area contributed by atoms with Crippen LogP contribution in [0.1, 0.15) is 57.8 Å². The van der Waals surface area contributed by atoms with Crippen LogP contribution in [0.3, 0.4) is 0 Å². The van der Waals surface area contributed by atoms with E-state index in [9.17, 15) is 24.0 Å². The van der Waals surface area contributed by atoms with E-state index in [1.54, 1.807) is 0 Å². The summed E-state index contributed by atoms with van der Waals surface area (Å²) in [4.78, 5) is 50.5. The average Bonchev–Trinajstić information content (AvgIpc) is 2.44. The molecular weight excluding hydrogens is 340 g/mol. The van der Waals surface area contributed by atoms with E-state index in [2.05, 4.69) is 0 Å². The molecular formula is C15H24O10. The van der Waals surface area contributed by atoms with Gasteiger partial charge in [0.25, 0.3) is 0 Å². The Morgan fingerprint density at radius 1 is 0.520 bits per heavy atom. The molecule has 0 aliphatic carbocycles. The molecule has 144 valence electrons. The largest absolute Gasteiger partial charge is 0.481 e. The molecule has 5 N–H and O–H groups in total. The van der Waals surface area contributed by atoms with E-state index in [-0.39, 0.29) is 12.8 Å². The zero-order chi connectivity index (χ0) is 19.8. The first-order valence-electron chi connectivity index (χ1n) is 7.66. The van der Waals surface area contributed by atoms with Gasteiger partial charge in [0.15, 0.2) is 0 Å². The summed E-state index contributed by atoms with van der Waals surface area (Å²) in [5, 5.41) is 41.3. The van der Waals surface area contributed by atoms with Crippen molar-refractivity contribution in [1.82, 2.24) is 0 Å². The molecule has 0 aliphatic rings. The van der Waals surface area contributed by atoms with E-state index < -0.39 is 48.6 Å². The van der Waals surface area contributed by atoms with Crippen LogP contribution in [0, 0.1) is 5.92 Å². The quantitative estimate of drug-likeness (QED) is 0.300. The van der Waals surface area contributed by atoms with Gasteiger partial charge in [-0.05, 0) is 12.8 Å². The molecule has 10 heteroatoms. The summed E-state index contributed by atoms with van der Waals surface area (Å²) in [5.74, 6) is -6.90. The molecule has 0 heterocycles. The summed E-state index contributed by atoms with van der Waals surface area (Å²) in [6.07, 6.45) is 3.20. The number of rotatable bonds is 13. The van der Waals surface area contributed by atoms with E-state index in [4.69, 9.17) is 25.5 Å². The molecule has 0 fully saturated rings. The summed E-state index contributed by atoms with van der Waals surface area (Å²) in [6.45, 7) is 0. The van der Waals surface area contributed by atoms with Crippen molar-refractivity contribution >= 4 is 29.8 Å². The van der Waals surface area contributed by atoms with Crippen LogP contribution in [0.2, 0.25) is 0 Å². The van der Waals surface area contributed by atoms with Crippen LogP contribution < -0.4 is 0 Å². The fourth-order valence-corrected chi connectivity index (χ4v) is 1.75. The molecule has 0 aromatic rings. The van der Waals surface area contributed by atoms with Gasteiger partial charge in [0.1, 0.15) is 0 Å². The van der Waals surface area contributed by atoms with Crippen molar-refractivity contribution in [3.63, 3.8) is 0 Å². The lowest BCUT2D eigenvalue weighted by Gasteiger charge is -2.04. The minimum absolute atomic E-state index is 0.221. The second-order valence-corrected chi connectivity index (χ2v) is 5.29. The van der Waals surface area contributed by atoms with Gasteiger partial charge in [-0.15, -0.1) is 0 Å². The average molecular weight is 364 g/mol. The molecule has 0 atom stereocenters. The highest BCUT2D eigenvalue weighted by molar-refractivity contribution is 5.82. The minimum Gasteiger partial charge on any atom is -0.481 e. The van der Waals surface area contributed by atoms with E-state index >= 15 is 0 Å². The molecule has 0 saturated heterocycles. The standard InChI is InChI=1S/C9H16O4.C6H8O6/c10-8(11)6-4-2-1-3-5-7-9(12)13;7-4(8)1-3(6(11)12)2-5(9)10/h1-7H2,(H,10,11)(H,12,13);3H,1-2H2,(H,7,8)(H,9,10)(H,11,12). The normalized spacial score (nSPS) is 9.80. The van der Waals surface area contributed by atoms with Gasteiger partial charge in [0.2, 0.25) is 0 Å². The smallest absolute Gasteiger partial charge is 0.307 e. The molecule has 0 rings (SSSR count). The zero-order valence-corrected chi connectivity index (χ0v) is 13.7. The highest BCUT2D eigenvalue weighted by atomic mass is 16.4. The number of aliphatic carboxylic acids is 5. The van der Waals surface area contributed by atoms with E-state index in [0.29, 0.717) is 12.8 Å². The van der Waals surface area contributed by atoms with Gasteiger partial charge in [0.05, 0.1) is 18.8 Å². The van der Waals surface area contributed by atoms with Gasteiger partial charge in [-0.1, -0.05) is 19.3 Å². The Morgan fingerprint density at radius 3 is 1.08 bits per heavy atom. The lowest BCUT2D eigenvalue weighted by atomic mass is 10.0. The highest BCUT2D eigenvalue weighted by Crippen LogP contribution is 2.08. The predicted molar refractivity (Wildman–Crippen MR) is 83.2 cm³/mol. The highest BCUT2D eigenvalue weighted by Gasteiger charge is 2.23. The summed E-state index contributed by atoms with van der Waals surface area (Å²) >= 11 is 0. The van der Waals surface area contributed by atoms with Crippen LogP contribution in [0.5, 0.6) is 0 Å². The second-order valence-electron chi connectivity index (χ2n) is 5.29. The van der Waals surface area contributed by atoms with Crippen molar-refractivity contribution in [1.29, 1.82) is 0 Å². The Kier molecular flexibility index (Phi) is 14.7. The maximum Gasteiger partial charge on any atom is 0.307 e. The third-order valence-electron chi connectivity index (χ3n) is 2.97. The van der Waals surface area contributed by atoms with E-state index in [1.165, 1.54) is 0 Å². The number of unbranched alkanes of at least 4 members (excludes halogenated alkanes) is 4. The van der Waals surface area contributed by atoms with Crippen LogP contribution in [0.15, 0.2) is 0 Å². The zero-order valence-electron chi connectivity index (χ0n) is 13.7. The molecule has 0 aromatic heterocycles. The topological polar surface area (TPSA) is 186 Å². The molecule has 10 nitrogen and oxygen atoms in total. The predicted octanol–water partition coefficient (Wildman–Crippen LogP) is 1.52. The SMILES string of the molecule is O=C(O)CC(CC(=O)O)C(=O)O.O=C(O)CCCCCCCC(=O)O. The van der Waals surface area contributed by atoms with Crippen molar-refractivity contribution < 1.29 is 49.5 Å². The summed E-state index contributed by atoms with van der Waals surface area (Å²) < 4.78 is 0. The lowest BCUT2D eigenvalue weighted by molar-refractivity contribution is -0.152. The summed E-state index contributed by atoms with van der Waals surface area (Å²) in [6, 6.07) is 0. The molecule has 0 saturated carbocycles. The fraction of sp³-hybridized carbons (Fsp3) is 0.667. The van der Waals surface area contributed by atoms with Crippen LogP contribution in [-0.2, 0) is 24.0 Å². The van der Waals surface area contributed by atoms with Crippen LogP contribution in [0.4, 0.5) is 0 Å². The summed E-state index contributed by atoms with van der Waals surface area (Å²) in [5.41, 5.74) is 0. The molecule has 0 amide bonds. The number of hydrogen-bond donors (Lipinski definition) is 5. The Hall–Kier alpha value is -2.65. The molecule has 0 aliphatic heterocycles. The lowest BCUT2D eigenvalue weighted by Crippen LogP contribution is -2.20. The van der Waals surface area contributed by atoms with Crippen molar-refractivity contribution in [3.05, 3.63) is 0 Å². The third-order valence-corrected chi connectivity index (χ3v) is 2.97. The summed E-state index contributed by atoms with van der Waals surface area (Å²) in [7, 11) is 0. The van der Waals surface area contributed by atoms with Gasteiger partial charge in [-0.3, -0.25) is 24.0 Å². The van der Waals surface area contributed by atoms with E-state index in [1.807, 2.05) is 0 Å². The Morgan fingerprint density at radius 2 is 0.840 bits per heavy atom. The first-order valence-corrected chi connectivity index (χ1v) is 7.66. The number of carboxylic acid groups (broad SMARTS) is 5. The van der Waals surface area contributed by atoms with Crippen LogP contribution >= 0.6 is 0 Å². The van der Waals surface area contributed by atoms with Crippen molar-refractivity contribution in [2.45, 2.75) is 57.8 Å². The number of hydrogen-bond acceptors (Lipinski definition) is 5.